The molecule has 0 fully saturated rings. The normalized spacial score (nSPS) is 12.1. The first-order valence-corrected chi connectivity index (χ1v) is 8.13. The van der Waals surface area contributed by atoms with E-state index in [0.717, 1.165) is 12.1 Å². The van der Waals surface area contributed by atoms with E-state index in [9.17, 15) is 26.3 Å². The van der Waals surface area contributed by atoms with Crippen molar-refractivity contribution in [3.63, 3.8) is 0 Å². The molecule has 0 aliphatic carbocycles. The molecule has 9 heteroatoms. The van der Waals surface area contributed by atoms with Gasteiger partial charge in [-0.05, 0) is 24.3 Å². The van der Waals surface area contributed by atoms with Gasteiger partial charge in [-0.3, -0.25) is 0 Å². The van der Waals surface area contributed by atoms with E-state index in [1.165, 1.54) is 24.3 Å². The first kappa shape index (κ1) is 17.7. The second-order valence-electron chi connectivity index (χ2n) is 4.10. The highest BCUT2D eigenvalue weighted by atomic mass is 127. The molecule has 0 aliphatic rings. The molecular weight excluding hydrogens is 441 g/mol. The van der Waals surface area contributed by atoms with Crippen LogP contribution in [0.25, 0.3) is 0 Å². The minimum Gasteiger partial charge on any atom is -0.406 e. The molecule has 2 aromatic rings. The average molecular weight is 449 g/mol. The smallest absolute Gasteiger partial charge is 0.406 e. The SMILES string of the molecule is FC(F)(F)Oc1cccc([I+]c2cccc(OC(F)(F)F)c2)c1. The molecule has 2 nitrogen and oxygen atoms in total. The molecule has 23 heavy (non-hydrogen) atoms. The second kappa shape index (κ2) is 6.85. The highest BCUT2D eigenvalue weighted by Crippen LogP contribution is 2.22. The fourth-order valence-electron chi connectivity index (χ4n) is 1.57. The summed E-state index contributed by atoms with van der Waals surface area (Å²) in [5, 5.41) is 0. The lowest BCUT2D eigenvalue weighted by atomic mass is 10.3. The average Bonchev–Trinajstić information content (AvgIpc) is 2.35. The van der Waals surface area contributed by atoms with E-state index in [-0.39, 0.29) is 11.5 Å². The Morgan fingerprint density at radius 1 is 0.652 bits per heavy atom. The molecule has 0 radical (unpaired) electrons. The second-order valence-corrected chi connectivity index (χ2v) is 7.14. The van der Waals surface area contributed by atoms with Crippen LogP contribution in [0.1, 0.15) is 0 Å². The van der Waals surface area contributed by atoms with Crippen LogP contribution < -0.4 is 30.7 Å². The Kier molecular flexibility index (Phi) is 5.27. The van der Waals surface area contributed by atoms with Gasteiger partial charge in [0.2, 0.25) is 0 Å². The van der Waals surface area contributed by atoms with Gasteiger partial charge in [-0.25, -0.2) is 0 Å². The van der Waals surface area contributed by atoms with Crippen molar-refractivity contribution < 1.29 is 57.0 Å². The maximum Gasteiger partial charge on any atom is 0.573 e. The molecule has 0 saturated carbocycles. The van der Waals surface area contributed by atoms with E-state index < -0.39 is 33.9 Å². The van der Waals surface area contributed by atoms with Crippen molar-refractivity contribution in [3.05, 3.63) is 55.7 Å². The predicted octanol–water partition coefficient (Wildman–Crippen LogP) is 1.61. The van der Waals surface area contributed by atoms with Crippen molar-refractivity contribution >= 4 is 0 Å². The summed E-state index contributed by atoms with van der Waals surface area (Å²) in [5.41, 5.74) is 0. The highest BCUT2D eigenvalue weighted by molar-refractivity contribution is 5.23. The zero-order valence-electron chi connectivity index (χ0n) is 11.1. The molecule has 0 bridgehead atoms. The third kappa shape index (κ3) is 6.55. The highest BCUT2D eigenvalue weighted by Gasteiger charge is 2.33. The van der Waals surface area contributed by atoms with Gasteiger partial charge in [0.05, 0.1) is 0 Å². The van der Waals surface area contributed by atoms with Gasteiger partial charge in [0.25, 0.3) is 0 Å². The van der Waals surface area contributed by atoms with Crippen LogP contribution in [-0.4, -0.2) is 12.7 Å². The third-order valence-corrected chi connectivity index (χ3v) is 4.87. The number of halogens is 7. The Hall–Kier alpha value is -1.65. The van der Waals surface area contributed by atoms with Crippen LogP contribution in [0.3, 0.4) is 0 Å². The fourth-order valence-corrected chi connectivity index (χ4v) is 3.99. The van der Waals surface area contributed by atoms with Crippen LogP contribution in [0.15, 0.2) is 48.5 Å². The van der Waals surface area contributed by atoms with Crippen LogP contribution in [0.5, 0.6) is 11.5 Å². The molecule has 0 spiro atoms. The zero-order valence-corrected chi connectivity index (χ0v) is 13.2. The van der Waals surface area contributed by atoms with Crippen molar-refractivity contribution in [3.8, 4) is 11.5 Å². The van der Waals surface area contributed by atoms with Gasteiger partial charge in [0.15, 0.2) is 7.14 Å². The number of hydrogen-bond acceptors (Lipinski definition) is 2. The Labute approximate surface area is 137 Å². The van der Waals surface area contributed by atoms with Crippen LogP contribution >= 0.6 is 0 Å². The first-order valence-electron chi connectivity index (χ1n) is 5.97. The van der Waals surface area contributed by atoms with Crippen molar-refractivity contribution in [2.24, 2.45) is 0 Å². The summed E-state index contributed by atoms with van der Waals surface area (Å²) in [6.45, 7) is 0. The summed E-state index contributed by atoms with van der Waals surface area (Å²) in [5.74, 6) is -0.727. The molecule has 0 saturated heterocycles. The summed E-state index contributed by atoms with van der Waals surface area (Å²) >= 11 is -0.985. The third-order valence-electron chi connectivity index (χ3n) is 2.28. The van der Waals surface area contributed by atoms with Crippen LogP contribution in [0, 0.1) is 7.14 Å². The van der Waals surface area contributed by atoms with Crippen LogP contribution in [-0.2, 0) is 0 Å². The van der Waals surface area contributed by atoms with Gasteiger partial charge in [-0.1, -0.05) is 12.1 Å². The van der Waals surface area contributed by atoms with Gasteiger partial charge >= 0.3 is 33.9 Å². The minimum absolute atomic E-state index is 0.364. The first-order chi connectivity index (χ1) is 10.6. The van der Waals surface area contributed by atoms with E-state index in [1.807, 2.05) is 0 Å². The maximum absolute atomic E-state index is 12.2. The van der Waals surface area contributed by atoms with Gasteiger partial charge < -0.3 is 9.47 Å². The molecule has 0 N–H and O–H groups in total. The lowest BCUT2D eigenvalue weighted by molar-refractivity contribution is -0.597. The number of alkyl halides is 6. The molecular formula is C14H8F6IO2+. The number of benzene rings is 2. The zero-order chi connectivity index (χ0) is 17.1. The van der Waals surface area contributed by atoms with Crippen LogP contribution in [0.2, 0.25) is 0 Å². The summed E-state index contributed by atoms with van der Waals surface area (Å²) in [6.07, 6.45) is -9.59. The van der Waals surface area contributed by atoms with Gasteiger partial charge in [0, 0.05) is 12.1 Å². The Bertz CT molecular complexity index is 611. The summed E-state index contributed by atoms with van der Waals surface area (Å²) in [4.78, 5) is 0. The molecule has 0 unspecified atom stereocenters. The molecule has 0 heterocycles. The largest absolute Gasteiger partial charge is 0.573 e. The quantitative estimate of drug-likeness (QED) is 0.522. The molecule has 124 valence electrons. The van der Waals surface area contributed by atoms with E-state index in [4.69, 9.17) is 0 Å². The number of ether oxygens (including phenoxy) is 2. The Balaban J connectivity index is 2.13. The number of rotatable bonds is 4. The molecule has 0 aliphatic heterocycles. The van der Waals surface area contributed by atoms with Gasteiger partial charge in [-0.2, -0.15) is 0 Å². The lowest BCUT2D eigenvalue weighted by Crippen LogP contribution is -3.61. The van der Waals surface area contributed by atoms with Crippen molar-refractivity contribution in [1.29, 1.82) is 0 Å². The van der Waals surface area contributed by atoms with E-state index in [1.54, 1.807) is 12.1 Å². The summed E-state index contributed by atoms with van der Waals surface area (Å²) in [7, 11) is 0. The van der Waals surface area contributed by atoms with Crippen molar-refractivity contribution in [2.45, 2.75) is 12.7 Å². The van der Waals surface area contributed by atoms with Crippen molar-refractivity contribution in [2.75, 3.05) is 0 Å². The van der Waals surface area contributed by atoms with Gasteiger partial charge in [-0.15, -0.1) is 26.3 Å². The summed E-state index contributed by atoms with van der Waals surface area (Å²) in [6, 6.07) is 10.7. The minimum atomic E-state index is -4.79. The standard InChI is InChI=1S/C14H8F6IO2/c15-13(16,17)22-11-5-1-3-9(7-11)21-10-4-2-6-12(8-10)23-14(18,19)20/h1-8H/q+1. The van der Waals surface area contributed by atoms with Crippen molar-refractivity contribution in [1.82, 2.24) is 0 Å². The lowest BCUT2D eigenvalue weighted by Gasteiger charge is -2.08. The molecule has 0 atom stereocenters. The van der Waals surface area contributed by atoms with E-state index in [2.05, 4.69) is 9.47 Å². The van der Waals surface area contributed by atoms with Crippen LogP contribution in [0.4, 0.5) is 26.3 Å². The molecule has 2 aromatic carbocycles. The molecule has 2 rings (SSSR count). The topological polar surface area (TPSA) is 18.5 Å². The Morgan fingerprint density at radius 2 is 1.04 bits per heavy atom. The van der Waals surface area contributed by atoms with Gasteiger partial charge in [0.1, 0.15) is 11.5 Å². The molecule has 0 amide bonds. The monoisotopic (exact) mass is 449 g/mol. The van der Waals surface area contributed by atoms with E-state index in [0.29, 0.717) is 7.14 Å². The molecule has 0 aromatic heterocycles. The number of hydrogen-bond donors (Lipinski definition) is 0. The predicted molar refractivity (Wildman–Crippen MR) is 63.6 cm³/mol. The Morgan fingerprint density at radius 3 is 1.39 bits per heavy atom. The fraction of sp³-hybridized carbons (Fsp3) is 0.143. The maximum atomic E-state index is 12.2. The van der Waals surface area contributed by atoms with E-state index >= 15 is 0 Å². The summed E-state index contributed by atoms with van der Waals surface area (Å²) < 4.78 is 81.8.